The Morgan fingerprint density at radius 3 is 1.83 bits per heavy atom. The molecule has 1 fully saturated rings. The molecule has 3 atom stereocenters. The fourth-order valence-corrected chi connectivity index (χ4v) is 3.19. The summed E-state index contributed by atoms with van der Waals surface area (Å²) in [5.74, 6) is 0. The maximum Gasteiger partial charge on any atom is 0.0986 e. The Kier molecular flexibility index (Phi) is 12.9. The second kappa shape index (κ2) is 14.2. The maximum absolute atomic E-state index is 9.67. The van der Waals surface area contributed by atoms with E-state index in [0.29, 0.717) is 13.2 Å². The molecule has 0 bridgehead atoms. The second-order valence-corrected chi connectivity index (χ2v) is 7.04. The van der Waals surface area contributed by atoms with Crippen LogP contribution in [0.25, 0.3) is 0 Å². The Labute approximate surface area is 143 Å². The Morgan fingerprint density at radius 2 is 1.35 bits per heavy atom. The van der Waals surface area contributed by atoms with E-state index in [1.807, 2.05) is 0 Å². The van der Waals surface area contributed by atoms with Gasteiger partial charge in [-0.05, 0) is 6.42 Å². The summed E-state index contributed by atoms with van der Waals surface area (Å²) in [7, 11) is 0. The van der Waals surface area contributed by atoms with Crippen molar-refractivity contribution < 1.29 is 14.9 Å². The second-order valence-electron chi connectivity index (χ2n) is 7.04. The molecule has 1 aliphatic rings. The van der Waals surface area contributed by atoms with Gasteiger partial charge in [0.05, 0.1) is 24.9 Å². The fourth-order valence-electron chi connectivity index (χ4n) is 3.19. The third-order valence-electron chi connectivity index (χ3n) is 4.84. The Hall–Kier alpha value is -0.160. The normalized spacial score (nSPS) is 24.4. The van der Waals surface area contributed by atoms with Gasteiger partial charge in [-0.1, -0.05) is 77.6 Å². The van der Waals surface area contributed by atoms with E-state index < -0.39 is 12.2 Å². The van der Waals surface area contributed by atoms with Gasteiger partial charge in [-0.3, -0.25) is 0 Å². The zero-order valence-electron chi connectivity index (χ0n) is 15.1. The number of β-amino-alcohol motifs (C(OH)–C–C–N with tert-alkyl or cyclic N) is 1. The highest BCUT2D eigenvalue weighted by atomic mass is 16.5. The summed E-state index contributed by atoms with van der Waals surface area (Å²) in [5.41, 5.74) is 0. The molecule has 3 N–H and O–H groups in total. The van der Waals surface area contributed by atoms with Gasteiger partial charge in [0.25, 0.3) is 0 Å². The SMILES string of the molecule is CCCCCCCCCCCCCCOC[C@@H]1NC[C@H](O)[C@@H]1O. The van der Waals surface area contributed by atoms with Crippen molar-refractivity contribution >= 4 is 0 Å². The van der Waals surface area contributed by atoms with Crippen molar-refractivity contribution in [2.45, 2.75) is 102 Å². The number of unbranched alkanes of at least 4 members (excludes halogenated alkanes) is 11. The summed E-state index contributed by atoms with van der Waals surface area (Å²) in [6, 6.07) is -0.109. The predicted octanol–water partition coefficient (Wildman–Crippen LogP) is 3.40. The molecule has 4 heteroatoms. The van der Waals surface area contributed by atoms with Crippen LogP contribution in [0.4, 0.5) is 0 Å². The van der Waals surface area contributed by atoms with Gasteiger partial charge in [-0.2, -0.15) is 0 Å². The number of hydrogen-bond acceptors (Lipinski definition) is 4. The minimum absolute atomic E-state index is 0.109. The predicted molar refractivity (Wildman–Crippen MR) is 95.7 cm³/mol. The topological polar surface area (TPSA) is 61.7 Å². The smallest absolute Gasteiger partial charge is 0.0986 e. The minimum Gasteiger partial charge on any atom is -0.389 e. The minimum atomic E-state index is -0.683. The van der Waals surface area contributed by atoms with E-state index >= 15 is 0 Å². The van der Waals surface area contributed by atoms with Gasteiger partial charge in [0.15, 0.2) is 0 Å². The van der Waals surface area contributed by atoms with Crippen LogP contribution in [0, 0.1) is 0 Å². The van der Waals surface area contributed by atoms with Crippen molar-refractivity contribution in [3.63, 3.8) is 0 Å². The molecule has 1 heterocycles. The summed E-state index contributed by atoms with van der Waals surface area (Å²) >= 11 is 0. The van der Waals surface area contributed by atoms with Crippen LogP contribution in [0.1, 0.15) is 84.0 Å². The molecular formula is C19H39NO3. The molecule has 0 aliphatic carbocycles. The van der Waals surface area contributed by atoms with Crippen LogP contribution in [-0.2, 0) is 4.74 Å². The lowest BCUT2D eigenvalue weighted by molar-refractivity contribution is 0.0148. The summed E-state index contributed by atoms with van der Waals surface area (Å²) in [5, 5.41) is 22.2. The van der Waals surface area contributed by atoms with Gasteiger partial charge in [-0.15, -0.1) is 0 Å². The van der Waals surface area contributed by atoms with Gasteiger partial charge in [-0.25, -0.2) is 0 Å². The summed E-state index contributed by atoms with van der Waals surface area (Å²) in [4.78, 5) is 0. The molecule has 0 aromatic rings. The molecule has 1 rings (SSSR count). The van der Waals surface area contributed by atoms with Crippen molar-refractivity contribution in [1.29, 1.82) is 0 Å². The molecule has 4 nitrogen and oxygen atoms in total. The standard InChI is InChI=1S/C19H39NO3/c1-2-3-4-5-6-7-8-9-10-11-12-13-14-23-16-17-19(22)18(21)15-20-17/h17-22H,2-16H2,1H3/t17-,18-,19+/m0/s1. The van der Waals surface area contributed by atoms with E-state index in [1.54, 1.807) is 0 Å². The monoisotopic (exact) mass is 329 g/mol. The number of rotatable bonds is 15. The molecule has 138 valence electrons. The first-order valence-corrected chi connectivity index (χ1v) is 9.93. The number of aliphatic hydroxyl groups is 2. The fraction of sp³-hybridized carbons (Fsp3) is 1.00. The van der Waals surface area contributed by atoms with Crippen LogP contribution < -0.4 is 5.32 Å². The van der Waals surface area contributed by atoms with Crippen molar-refractivity contribution in [1.82, 2.24) is 5.32 Å². The van der Waals surface area contributed by atoms with Gasteiger partial charge >= 0.3 is 0 Å². The highest BCUT2D eigenvalue weighted by Crippen LogP contribution is 2.12. The highest BCUT2D eigenvalue weighted by molar-refractivity contribution is 4.90. The van der Waals surface area contributed by atoms with E-state index in [9.17, 15) is 10.2 Å². The zero-order chi connectivity index (χ0) is 16.8. The van der Waals surface area contributed by atoms with Crippen molar-refractivity contribution in [3.05, 3.63) is 0 Å². The van der Waals surface area contributed by atoms with Gasteiger partial charge in [0.1, 0.15) is 0 Å². The summed E-state index contributed by atoms with van der Waals surface area (Å²) in [6.45, 7) is 3.99. The Balaban J connectivity index is 1.73. The largest absolute Gasteiger partial charge is 0.389 e. The zero-order valence-corrected chi connectivity index (χ0v) is 15.1. The number of nitrogens with one attached hydrogen (secondary N) is 1. The maximum atomic E-state index is 9.67. The molecule has 0 radical (unpaired) electrons. The van der Waals surface area contributed by atoms with Crippen LogP contribution in [0.15, 0.2) is 0 Å². The lowest BCUT2D eigenvalue weighted by atomic mass is 10.1. The molecule has 0 aromatic heterocycles. The van der Waals surface area contributed by atoms with E-state index in [2.05, 4.69) is 12.2 Å². The summed E-state index contributed by atoms with van der Waals surface area (Å²) in [6.07, 6.45) is 14.9. The molecule has 1 saturated heterocycles. The highest BCUT2D eigenvalue weighted by Gasteiger charge is 2.32. The van der Waals surface area contributed by atoms with E-state index in [-0.39, 0.29) is 6.04 Å². The van der Waals surface area contributed by atoms with Gasteiger partial charge < -0.3 is 20.3 Å². The van der Waals surface area contributed by atoms with E-state index in [0.717, 1.165) is 13.0 Å². The molecule has 0 aromatic carbocycles. The third kappa shape index (κ3) is 10.3. The molecular weight excluding hydrogens is 290 g/mol. The van der Waals surface area contributed by atoms with Crippen molar-refractivity contribution in [2.24, 2.45) is 0 Å². The number of aliphatic hydroxyl groups excluding tert-OH is 2. The Morgan fingerprint density at radius 1 is 0.826 bits per heavy atom. The Bertz CT molecular complexity index is 263. The third-order valence-corrected chi connectivity index (χ3v) is 4.84. The van der Waals surface area contributed by atoms with E-state index in [1.165, 1.54) is 70.6 Å². The van der Waals surface area contributed by atoms with Crippen LogP contribution in [-0.4, -0.2) is 48.2 Å². The first-order valence-electron chi connectivity index (χ1n) is 9.93. The average Bonchev–Trinajstić information content (AvgIpc) is 2.87. The molecule has 0 amide bonds. The lowest BCUT2D eigenvalue weighted by Gasteiger charge is -2.15. The van der Waals surface area contributed by atoms with Crippen LogP contribution in [0.3, 0.4) is 0 Å². The molecule has 0 saturated carbocycles. The average molecular weight is 330 g/mol. The quantitative estimate of drug-likeness (QED) is 0.403. The van der Waals surface area contributed by atoms with Gasteiger partial charge in [0.2, 0.25) is 0 Å². The van der Waals surface area contributed by atoms with E-state index in [4.69, 9.17) is 4.74 Å². The van der Waals surface area contributed by atoms with Crippen molar-refractivity contribution in [3.8, 4) is 0 Å². The first kappa shape index (κ1) is 20.9. The van der Waals surface area contributed by atoms with Crippen LogP contribution in [0.2, 0.25) is 0 Å². The summed E-state index contributed by atoms with van der Waals surface area (Å²) < 4.78 is 5.59. The molecule has 0 unspecified atom stereocenters. The lowest BCUT2D eigenvalue weighted by Crippen LogP contribution is -2.37. The molecule has 23 heavy (non-hydrogen) atoms. The van der Waals surface area contributed by atoms with Crippen LogP contribution >= 0.6 is 0 Å². The molecule has 1 aliphatic heterocycles. The first-order chi connectivity index (χ1) is 11.3. The number of ether oxygens (including phenoxy) is 1. The van der Waals surface area contributed by atoms with Crippen LogP contribution in [0.5, 0.6) is 0 Å². The van der Waals surface area contributed by atoms with Crippen molar-refractivity contribution in [2.75, 3.05) is 19.8 Å². The molecule has 0 spiro atoms. The number of hydrogen-bond donors (Lipinski definition) is 3. The van der Waals surface area contributed by atoms with Gasteiger partial charge in [0, 0.05) is 13.2 Å².